The Bertz CT molecular complexity index is 1510. The van der Waals surface area contributed by atoms with Gasteiger partial charge in [-0.3, -0.25) is 19.0 Å². The largest absolute Gasteiger partial charge is 0.467 e. The molecule has 0 saturated heterocycles. The van der Waals surface area contributed by atoms with Gasteiger partial charge >= 0.3 is 0 Å². The Morgan fingerprint density at radius 1 is 0.975 bits per heavy atom. The number of nitrogens with one attached hydrogen (secondary N) is 2. The van der Waals surface area contributed by atoms with E-state index in [1.54, 1.807) is 23.0 Å². The highest BCUT2D eigenvalue weighted by molar-refractivity contribution is 7.99. The average Bonchev–Trinajstić information content (AvgIpc) is 3.50. The summed E-state index contributed by atoms with van der Waals surface area (Å²) in [4.78, 5) is 43.6. The maximum absolute atomic E-state index is 13.5. The van der Waals surface area contributed by atoms with Crippen molar-refractivity contribution in [2.45, 2.75) is 57.4 Å². The molecule has 0 bridgehead atoms. The smallest absolute Gasteiger partial charge is 0.262 e. The highest BCUT2D eigenvalue weighted by Gasteiger charge is 2.27. The third kappa shape index (κ3) is 7.01. The molecule has 208 valence electrons. The van der Waals surface area contributed by atoms with E-state index in [2.05, 4.69) is 10.6 Å². The maximum Gasteiger partial charge on any atom is 0.262 e. The van der Waals surface area contributed by atoms with E-state index < -0.39 is 0 Å². The van der Waals surface area contributed by atoms with E-state index in [9.17, 15) is 14.4 Å². The lowest BCUT2D eigenvalue weighted by molar-refractivity contribution is -0.126. The Labute approximate surface area is 237 Å². The molecule has 0 spiro atoms. The topological polar surface area (TPSA) is 106 Å². The van der Waals surface area contributed by atoms with Gasteiger partial charge in [0, 0.05) is 19.0 Å². The molecule has 0 atom stereocenters. The van der Waals surface area contributed by atoms with Crippen LogP contribution in [0.4, 0.5) is 0 Å². The minimum atomic E-state index is -0.111. The Hall–Kier alpha value is -3.85. The van der Waals surface area contributed by atoms with Crippen molar-refractivity contribution in [3.8, 4) is 0 Å². The summed E-state index contributed by atoms with van der Waals surface area (Å²) in [6.07, 6.45) is 4.84. The fourth-order valence-corrected chi connectivity index (χ4v) is 5.94. The summed E-state index contributed by atoms with van der Waals surface area (Å²) in [5.74, 6) is 1.05. The number of nitrogens with zero attached hydrogens (tertiary/aromatic N) is 2. The van der Waals surface area contributed by atoms with Crippen LogP contribution in [0.3, 0.4) is 0 Å². The van der Waals surface area contributed by atoms with Gasteiger partial charge in [-0.2, -0.15) is 0 Å². The predicted octanol–water partition coefficient (Wildman–Crippen LogP) is 4.83. The molecule has 4 aromatic rings. The van der Waals surface area contributed by atoms with Crippen molar-refractivity contribution in [3.05, 3.63) is 94.2 Å². The highest BCUT2D eigenvalue weighted by Crippen LogP contribution is 2.31. The first-order valence-electron chi connectivity index (χ1n) is 13.7. The molecule has 2 aromatic carbocycles. The molecule has 1 saturated carbocycles. The first-order valence-corrected chi connectivity index (χ1v) is 14.7. The quantitative estimate of drug-likeness (QED) is 0.213. The fourth-order valence-electron chi connectivity index (χ4n) is 5.10. The van der Waals surface area contributed by atoms with Crippen LogP contribution in [0.5, 0.6) is 0 Å². The van der Waals surface area contributed by atoms with Crippen LogP contribution in [0.1, 0.15) is 42.6 Å². The summed E-state index contributed by atoms with van der Waals surface area (Å²) < 4.78 is 7.02. The molecule has 1 aliphatic rings. The normalized spacial score (nSPS) is 17.0. The molecule has 8 nitrogen and oxygen atoms in total. The van der Waals surface area contributed by atoms with Gasteiger partial charge in [0.15, 0.2) is 5.16 Å². The van der Waals surface area contributed by atoms with Gasteiger partial charge in [0.1, 0.15) is 5.76 Å². The first-order chi connectivity index (χ1) is 19.5. The Kier molecular flexibility index (Phi) is 9.01. The van der Waals surface area contributed by atoms with Crippen molar-refractivity contribution in [2.75, 3.05) is 5.75 Å². The Morgan fingerprint density at radius 2 is 1.75 bits per heavy atom. The third-order valence-corrected chi connectivity index (χ3v) is 8.42. The zero-order valence-electron chi connectivity index (χ0n) is 22.6. The van der Waals surface area contributed by atoms with Gasteiger partial charge in [-0.1, -0.05) is 53.7 Å². The third-order valence-electron chi connectivity index (χ3n) is 7.44. The molecular weight excluding hydrogens is 524 g/mol. The number of amides is 2. The van der Waals surface area contributed by atoms with Crippen molar-refractivity contribution >= 4 is 34.5 Å². The molecule has 2 amide bonds. The van der Waals surface area contributed by atoms with Crippen molar-refractivity contribution in [3.63, 3.8) is 0 Å². The standard InChI is InChI=1S/C31H34N4O4S/c1-21-8-10-22(11-9-21)17-32-28(36)20-40-31-34-27-7-3-2-6-26(27)30(38)35(31)19-23-12-14-24(15-13-23)29(37)33-18-25-5-4-16-39-25/h2-11,16,23-24H,12-15,17-20H2,1H3,(H,32,36)(H,33,37). The van der Waals surface area contributed by atoms with Gasteiger partial charge in [0.2, 0.25) is 11.8 Å². The SMILES string of the molecule is Cc1ccc(CNC(=O)CSc2nc3ccccc3c(=O)n2CC2CCC(C(=O)NCc3ccco3)CC2)cc1. The number of rotatable bonds is 10. The van der Waals surface area contributed by atoms with Crippen molar-refractivity contribution < 1.29 is 14.0 Å². The summed E-state index contributed by atoms with van der Waals surface area (Å²) in [6, 6.07) is 19.0. The van der Waals surface area contributed by atoms with Crippen LogP contribution < -0.4 is 16.2 Å². The molecule has 1 aliphatic carbocycles. The maximum atomic E-state index is 13.5. The van der Waals surface area contributed by atoms with Gasteiger partial charge in [-0.25, -0.2) is 4.98 Å². The molecule has 2 heterocycles. The lowest BCUT2D eigenvalue weighted by atomic mass is 9.81. The van der Waals surface area contributed by atoms with E-state index in [0.717, 1.165) is 37.0 Å². The van der Waals surface area contributed by atoms with Crippen molar-refractivity contribution in [2.24, 2.45) is 11.8 Å². The predicted molar refractivity (Wildman–Crippen MR) is 156 cm³/mol. The minimum Gasteiger partial charge on any atom is -0.467 e. The number of thioether (sulfide) groups is 1. The summed E-state index contributed by atoms with van der Waals surface area (Å²) in [5.41, 5.74) is 2.75. The van der Waals surface area contributed by atoms with Gasteiger partial charge in [-0.15, -0.1) is 0 Å². The number of hydrogen-bond donors (Lipinski definition) is 2. The number of furan rings is 1. The minimum absolute atomic E-state index is 0.0382. The van der Waals surface area contributed by atoms with Crippen LogP contribution in [0, 0.1) is 18.8 Å². The second-order valence-electron chi connectivity index (χ2n) is 10.4. The number of aryl methyl sites for hydroxylation is 1. The number of carbonyl (C=O) groups excluding carboxylic acids is 2. The fraction of sp³-hybridized carbons (Fsp3) is 0.355. The Morgan fingerprint density at radius 3 is 2.50 bits per heavy atom. The van der Waals surface area contributed by atoms with Crippen molar-refractivity contribution in [1.29, 1.82) is 0 Å². The van der Waals surface area contributed by atoms with Gasteiger partial charge in [0.25, 0.3) is 5.56 Å². The molecule has 0 unspecified atom stereocenters. The van der Waals surface area contributed by atoms with E-state index >= 15 is 0 Å². The Balaban J connectivity index is 1.21. The van der Waals surface area contributed by atoms with E-state index in [1.165, 1.54) is 17.3 Å². The summed E-state index contributed by atoms with van der Waals surface area (Å²) in [6.45, 7) is 3.39. The molecule has 2 N–H and O–H groups in total. The second kappa shape index (κ2) is 13.0. The summed E-state index contributed by atoms with van der Waals surface area (Å²) in [7, 11) is 0. The highest BCUT2D eigenvalue weighted by atomic mass is 32.2. The molecule has 1 fully saturated rings. The number of carbonyl (C=O) groups is 2. The van der Waals surface area contributed by atoms with E-state index in [0.29, 0.717) is 35.7 Å². The number of aromatic nitrogens is 2. The lowest BCUT2D eigenvalue weighted by Crippen LogP contribution is -2.34. The molecule has 2 aromatic heterocycles. The zero-order valence-corrected chi connectivity index (χ0v) is 23.4. The monoisotopic (exact) mass is 558 g/mol. The molecule has 9 heteroatoms. The summed E-state index contributed by atoms with van der Waals surface area (Å²) >= 11 is 1.29. The molecule has 40 heavy (non-hydrogen) atoms. The number of para-hydroxylation sites is 1. The second-order valence-corrected chi connectivity index (χ2v) is 11.3. The lowest BCUT2D eigenvalue weighted by Gasteiger charge is -2.28. The molecular formula is C31H34N4O4S. The van der Waals surface area contributed by atoms with Crippen LogP contribution in [-0.4, -0.2) is 27.1 Å². The van der Waals surface area contributed by atoms with Crippen LogP contribution >= 0.6 is 11.8 Å². The molecule has 5 rings (SSSR count). The summed E-state index contributed by atoms with van der Waals surface area (Å²) in [5, 5.41) is 7.05. The van der Waals surface area contributed by atoms with Gasteiger partial charge in [0.05, 0.1) is 29.5 Å². The molecule has 0 radical (unpaired) electrons. The van der Waals surface area contributed by atoms with E-state index in [4.69, 9.17) is 9.40 Å². The number of fused-ring (bicyclic) bond motifs is 1. The van der Waals surface area contributed by atoms with Gasteiger partial charge < -0.3 is 15.1 Å². The first kappa shape index (κ1) is 27.7. The zero-order chi connectivity index (χ0) is 27.9. The van der Waals surface area contributed by atoms with Crippen LogP contribution in [0.25, 0.3) is 10.9 Å². The van der Waals surface area contributed by atoms with Crippen LogP contribution in [0.2, 0.25) is 0 Å². The average molecular weight is 559 g/mol. The number of benzene rings is 2. The van der Waals surface area contributed by atoms with Crippen LogP contribution in [0.15, 0.2) is 81.3 Å². The van der Waals surface area contributed by atoms with Gasteiger partial charge in [-0.05, 0) is 68.4 Å². The van der Waals surface area contributed by atoms with Crippen molar-refractivity contribution in [1.82, 2.24) is 20.2 Å². The van der Waals surface area contributed by atoms with E-state index in [-0.39, 0.29) is 35.0 Å². The van der Waals surface area contributed by atoms with E-state index in [1.807, 2.05) is 55.5 Å². The number of hydrogen-bond acceptors (Lipinski definition) is 6. The molecule has 0 aliphatic heterocycles. The van der Waals surface area contributed by atoms with Crippen LogP contribution in [-0.2, 0) is 29.2 Å².